The number of nitrogens with zero attached hydrogens (tertiary/aromatic N) is 2. The maximum Gasteiger partial charge on any atom is 0.0683 e. The normalized spacial score (nSPS) is 27.8. The fraction of sp³-hybridized carbons (Fsp3) is 0.379. The first-order chi connectivity index (χ1) is 16.6. The van der Waals surface area contributed by atoms with Gasteiger partial charge < -0.3 is 20.8 Å². The Balaban J connectivity index is 0.00000253. The lowest BCUT2D eigenvalue weighted by Gasteiger charge is -2.12. The molecule has 0 spiro atoms. The van der Waals surface area contributed by atoms with Crippen molar-refractivity contribution in [2.75, 3.05) is 13.1 Å². The quantitative estimate of drug-likeness (QED) is 0.535. The van der Waals surface area contributed by atoms with Gasteiger partial charge in [-0.05, 0) is 46.2 Å². The van der Waals surface area contributed by atoms with Gasteiger partial charge in [-0.15, -0.1) is 0 Å². The van der Waals surface area contributed by atoms with Gasteiger partial charge in [0.25, 0.3) is 0 Å². The van der Waals surface area contributed by atoms with E-state index in [0.29, 0.717) is 13.1 Å². The van der Waals surface area contributed by atoms with Crippen LogP contribution >= 0.6 is 0 Å². The van der Waals surface area contributed by atoms with E-state index in [2.05, 4.69) is 69.1 Å². The fourth-order valence-corrected chi connectivity index (χ4v) is 5.37. The van der Waals surface area contributed by atoms with E-state index in [-0.39, 0.29) is 31.7 Å². The van der Waals surface area contributed by atoms with Gasteiger partial charge in [0.15, 0.2) is 0 Å². The third kappa shape index (κ3) is 4.93. The summed E-state index contributed by atoms with van der Waals surface area (Å²) in [6, 6.07) is 17.8. The molecule has 35 heavy (non-hydrogen) atoms. The zero-order valence-corrected chi connectivity index (χ0v) is 19.1. The summed E-state index contributed by atoms with van der Waals surface area (Å²) < 4.78 is 0. The first kappa shape index (κ1) is 23.8. The molecule has 6 rings (SSSR count). The molecule has 2 saturated heterocycles. The van der Waals surface area contributed by atoms with Crippen molar-refractivity contribution in [1.82, 2.24) is 10.6 Å². The summed E-state index contributed by atoms with van der Waals surface area (Å²) >= 11 is 0. The van der Waals surface area contributed by atoms with Gasteiger partial charge in [0, 0.05) is 61.8 Å². The lowest BCUT2D eigenvalue weighted by Crippen LogP contribution is -2.29. The van der Waals surface area contributed by atoms with Crippen LogP contribution in [-0.4, -0.2) is 59.0 Å². The summed E-state index contributed by atoms with van der Waals surface area (Å²) in [5.74, 6) is 0. The van der Waals surface area contributed by atoms with E-state index in [1.54, 1.807) is 0 Å². The lowest BCUT2D eigenvalue weighted by atomic mass is 9.95. The summed E-state index contributed by atoms with van der Waals surface area (Å²) in [4.78, 5) is 9.24. The molecular formula is C29H34N4O2. The Morgan fingerprint density at radius 1 is 0.600 bits per heavy atom. The number of aliphatic hydroxyl groups excluding tert-OH is 2. The molecule has 4 heterocycles. The van der Waals surface area contributed by atoms with Gasteiger partial charge in [-0.3, -0.25) is 9.98 Å². The highest BCUT2D eigenvalue weighted by Crippen LogP contribution is 2.31. The van der Waals surface area contributed by atoms with Gasteiger partial charge in [-0.25, -0.2) is 0 Å². The van der Waals surface area contributed by atoms with E-state index in [9.17, 15) is 10.2 Å². The molecule has 6 heteroatoms. The second-order valence-corrected chi connectivity index (χ2v) is 9.76. The average Bonchev–Trinajstić information content (AvgIpc) is 3.66. The summed E-state index contributed by atoms with van der Waals surface area (Å²) in [5, 5.41) is 26.3. The average molecular weight is 471 g/mol. The highest BCUT2D eigenvalue weighted by Gasteiger charge is 2.29. The Morgan fingerprint density at radius 2 is 0.971 bits per heavy atom. The Hall–Kier alpha value is -2.90. The first-order valence-corrected chi connectivity index (χ1v) is 12.2. The fourth-order valence-electron chi connectivity index (χ4n) is 5.37. The van der Waals surface area contributed by atoms with E-state index < -0.39 is 0 Å². The molecular weight excluding hydrogens is 436 g/mol. The van der Waals surface area contributed by atoms with Crippen molar-refractivity contribution >= 4 is 22.6 Å². The first-order valence-electron chi connectivity index (χ1n) is 12.2. The molecule has 0 saturated carbocycles. The summed E-state index contributed by atoms with van der Waals surface area (Å²) in [6.07, 6.45) is 6.60. The minimum absolute atomic E-state index is 0. The van der Waals surface area contributed by atoms with Crippen LogP contribution in [0.15, 0.2) is 70.9 Å². The molecule has 4 aliphatic rings. The second-order valence-electron chi connectivity index (χ2n) is 9.76. The molecule has 0 bridgehead atoms. The number of aliphatic hydroxyl groups is 2. The molecule has 0 aromatic heterocycles. The molecule has 0 amide bonds. The van der Waals surface area contributed by atoms with Crippen molar-refractivity contribution in [2.45, 2.75) is 57.4 Å². The van der Waals surface area contributed by atoms with Crippen LogP contribution in [0.4, 0.5) is 0 Å². The summed E-state index contributed by atoms with van der Waals surface area (Å²) in [6.45, 7) is 1.31. The van der Waals surface area contributed by atoms with Gasteiger partial charge in [0.05, 0.1) is 12.2 Å². The third-order valence-electron chi connectivity index (χ3n) is 7.38. The number of β-amino-alcohol motifs (C(OH)–C–C–N with tert-alkyl or cyclic N) is 2. The lowest BCUT2D eigenvalue weighted by molar-refractivity contribution is 0.195. The number of rotatable bonds is 5. The molecule has 4 atom stereocenters. The molecule has 4 aliphatic heterocycles. The van der Waals surface area contributed by atoms with Crippen LogP contribution in [0.2, 0.25) is 0 Å². The van der Waals surface area contributed by atoms with Crippen LogP contribution in [0, 0.1) is 0 Å². The number of hydrogen-bond acceptors (Lipinski definition) is 6. The highest BCUT2D eigenvalue weighted by molar-refractivity contribution is 6.02. The number of hydrogen-bond donors (Lipinski definition) is 4. The Kier molecular flexibility index (Phi) is 6.80. The minimum atomic E-state index is -0.264. The minimum Gasteiger partial charge on any atom is -0.392 e. The molecule has 2 fully saturated rings. The topological polar surface area (TPSA) is 89.2 Å². The van der Waals surface area contributed by atoms with Crippen LogP contribution in [0.5, 0.6) is 0 Å². The molecule has 0 unspecified atom stereocenters. The molecule has 0 radical (unpaired) electrons. The van der Waals surface area contributed by atoms with Gasteiger partial charge in [0.1, 0.15) is 0 Å². The zero-order chi connectivity index (χ0) is 23.1. The SMILES string of the molecule is C.O[C@H]1CN[C@H](C2=NC=C(c3ccc(-c4ccc(C5=CN=C([C@@H]6C[C@@H](O)CN6)C5)cc4)cc3)C2)C1. The smallest absolute Gasteiger partial charge is 0.0683 e. The van der Waals surface area contributed by atoms with E-state index in [4.69, 9.17) is 0 Å². The van der Waals surface area contributed by atoms with Crippen LogP contribution in [0.25, 0.3) is 22.3 Å². The molecule has 2 aromatic rings. The van der Waals surface area contributed by atoms with Gasteiger partial charge in [0.2, 0.25) is 0 Å². The van der Waals surface area contributed by atoms with E-state index >= 15 is 0 Å². The zero-order valence-electron chi connectivity index (χ0n) is 19.1. The number of benzene rings is 2. The predicted octanol–water partition coefficient (Wildman–Crippen LogP) is 3.81. The number of allylic oxidation sites excluding steroid dienone is 2. The maximum absolute atomic E-state index is 9.77. The number of aliphatic imine (C=N–C) groups is 2. The maximum atomic E-state index is 9.77. The third-order valence-corrected chi connectivity index (χ3v) is 7.38. The van der Waals surface area contributed by atoms with E-state index in [0.717, 1.165) is 37.1 Å². The molecule has 6 nitrogen and oxygen atoms in total. The Labute approximate surface area is 207 Å². The van der Waals surface area contributed by atoms with E-state index in [1.807, 2.05) is 12.4 Å². The van der Waals surface area contributed by atoms with Gasteiger partial charge >= 0.3 is 0 Å². The van der Waals surface area contributed by atoms with Crippen molar-refractivity contribution < 1.29 is 10.2 Å². The summed E-state index contributed by atoms with van der Waals surface area (Å²) in [7, 11) is 0. The largest absolute Gasteiger partial charge is 0.392 e. The molecule has 0 aliphatic carbocycles. The Morgan fingerprint density at radius 3 is 1.31 bits per heavy atom. The van der Waals surface area contributed by atoms with Crippen LogP contribution in [-0.2, 0) is 0 Å². The van der Waals surface area contributed by atoms with Crippen molar-refractivity contribution in [3.05, 3.63) is 72.1 Å². The van der Waals surface area contributed by atoms with Crippen molar-refractivity contribution in [3.8, 4) is 11.1 Å². The molecule has 4 N–H and O–H groups in total. The Bertz CT molecular complexity index is 1100. The standard InChI is InChI=1S/C28H30N4O2.CH4/c33-23-11-27(31-15-23)25-9-21(13-29-25)19-5-1-17(2-6-19)18-3-7-20(8-4-18)22-10-26(30-14-22)28-12-24(34)16-32-28;/h1-8,13-14,23-24,27-28,31-34H,9-12,15-16H2;1H4/t23-,24-,27+,28+;/m1./s1. The van der Waals surface area contributed by atoms with E-state index in [1.165, 1.54) is 33.4 Å². The van der Waals surface area contributed by atoms with Crippen LogP contribution < -0.4 is 10.6 Å². The van der Waals surface area contributed by atoms with Gasteiger partial charge in [-0.1, -0.05) is 56.0 Å². The molecule has 2 aromatic carbocycles. The molecule has 182 valence electrons. The highest BCUT2D eigenvalue weighted by atomic mass is 16.3. The summed E-state index contributed by atoms with van der Waals surface area (Å²) in [5.41, 5.74) is 9.49. The van der Waals surface area contributed by atoms with Crippen molar-refractivity contribution in [2.24, 2.45) is 9.98 Å². The van der Waals surface area contributed by atoms with Crippen LogP contribution in [0.1, 0.15) is 44.2 Å². The second kappa shape index (κ2) is 9.99. The van der Waals surface area contributed by atoms with Gasteiger partial charge in [-0.2, -0.15) is 0 Å². The van der Waals surface area contributed by atoms with Crippen molar-refractivity contribution in [3.63, 3.8) is 0 Å². The number of nitrogens with one attached hydrogen (secondary N) is 2. The van der Waals surface area contributed by atoms with Crippen molar-refractivity contribution in [1.29, 1.82) is 0 Å². The monoisotopic (exact) mass is 470 g/mol. The predicted molar refractivity (Wildman–Crippen MR) is 143 cm³/mol. The van der Waals surface area contributed by atoms with Crippen LogP contribution in [0.3, 0.4) is 0 Å².